The van der Waals surface area contributed by atoms with E-state index in [0.717, 1.165) is 6.29 Å². The van der Waals surface area contributed by atoms with Crippen LogP contribution >= 0.6 is 23.2 Å². The largest absolute Gasteiger partial charge is 0.495 e. The number of nitriles is 1. The van der Waals surface area contributed by atoms with Crippen LogP contribution in [0.4, 0.5) is 0 Å². The third kappa shape index (κ3) is 5.30. The fraction of sp³-hybridized carbons (Fsp3) is 0.200. The van der Waals surface area contributed by atoms with Crippen LogP contribution in [-0.4, -0.2) is 43.2 Å². The second-order valence-corrected chi connectivity index (χ2v) is 8.40. The van der Waals surface area contributed by atoms with E-state index >= 15 is 0 Å². The van der Waals surface area contributed by atoms with Crippen molar-refractivity contribution in [3.63, 3.8) is 0 Å². The van der Waals surface area contributed by atoms with Crippen molar-refractivity contribution in [2.45, 2.75) is 12.3 Å². The molecular weight excluding hydrogens is 477 g/mol. The summed E-state index contributed by atoms with van der Waals surface area (Å²) >= 11 is 12.2. The number of carbonyl (C=O) groups is 3. The van der Waals surface area contributed by atoms with Gasteiger partial charge in [-0.15, -0.1) is 0 Å². The smallest absolute Gasteiger partial charge is 0.258 e. The first-order valence-electron chi connectivity index (χ1n) is 10.3. The van der Waals surface area contributed by atoms with E-state index < -0.39 is 24.3 Å². The molecule has 0 spiro atoms. The van der Waals surface area contributed by atoms with Crippen LogP contribution in [0.1, 0.15) is 33.8 Å². The lowest BCUT2D eigenvalue weighted by molar-refractivity contribution is -0.118. The molecule has 3 aromatic rings. The molecule has 2 amide bonds. The van der Waals surface area contributed by atoms with Gasteiger partial charge >= 0.3 is 0 Å². The highest BCUT2D eigenvalue weighted by molar-refractivity contribution is 6.42. The fourth-order valence-electron chi connectivity index (χ4n) is 3.87. The highest BCUT2D eigenvalue weighted by Crippen LogP contribution is 2.34. The zero-order valence-corrected chi connectivity index (χ0v) is 19.8. The first kappa shape index (κ1) is 25.0. The van der Waals surface area contributed by atoms with Crippen LogP contribution < -0.4 is 10.5 Å². The van der Waals surface area contributed by atoms with Gasteiger partial charge in [0, 0.05) is 18.9 Å². The number of carbonyl (C=O) groups excluding carboxylic acids is 3. The number of ether oxygens (including phenoxy) is 1. The van der Waals surface area contributed by atoms with Crippen molar-refractivity contribution in [2.24, 2.45) is 5.73 Å². The van der Waals surface area contributed by atoms with E-state index in [0.29, 0.717) is 26.4 Å². The predicted molar refractivity (Wildman–Crippen MR) is 130 cm³/mol. The highest BCUT2D eigenvalue weighted by Gasteiger charge is 2.28. The molecule has 0 saturated heterocycles. The van der Waals surface area contributed by atoms with Gasteiger partial charge < -0.3 is 20.2 Å². The number of nitrogens with zero attached hydrogens (tertiary/aromatic N) is 2. The molecule has 34 heavy (non-hydrogen) atoms. The molecule has 0 fully saturated rings. The van der Waals surface area contributed by atoms with Gasteiger partial charge in [0.2, 0.25) is 5.91 Å². The molecule has 7 nitrogen and oxygen atoms in total. The van der Waals surface area contributed by atoms with Gasteiger partial charge in [0.25, 0.3) is 5.91 Å². The fourth-order valence-corrected chi connectivity index (χ4v) is 4.17. The molecule has 3 aromatic carbocycles. The predicted octanol–water partition coefficient (Wildman–Crippen LogP) is 4.33. The second kappa shape index (κ2) is 11.0. The van der Waals surface area contributed by atoms with E-state index in [2.05, 4.69) is 6.07 Å². The Labute approximate surface area is 206 Å². The van der Waals surface area contributed by atoms with Crippen LogP contribution in [0.15, 0.2) is 48.5 Å². The zero-order valence-electron chi connectivity index (χ0n) is 18.3. The monoisotopic (exact) mass is 497 g/mol. The van der Waals surface area contributed by atoms with Crippen molar-refractivity contribution in [2.75, 3.05) is 20.2 Å². The number of nitrogens with two attached hydrogens (primary N) is 1. The van der Waals surface area contributed by atoms with Crippen LogP contribution in [0.3, 0.4) is 0 Å². The Kier molecular flexibility index (Phi) is 8.11. The summed E-state index contributed by atoms with van der Waals surface area (Å²) in [4.78, 5) is 38.4. The van der Waals surface area contributed by atoms with Crippen LogP contribution in [-0.2, 0) is 9.59 Å². The van der Waals surface area contributed by atoms with Crippen molar-refractivity contribution in [1.29, 1.82) is 5.26 Å². The number of benzene rings is 3. The third-order valence-electron chi connectivity index (χ3n) is 5.41. The van der Waals surface area contributed by atoms with Gasteiger partial charge in [0.05, 0.1) is 34.8 Å². The number of halogens is 2. The van der Waals surface area contributed by atoms with E-state index in [1.54, 1.807) is 48.5 Å². The normalized spacial score (nSPS) is 11.5. The number of amides is 2. The van der Waals surface area contributed by atoms with Gasteiger partial charge in [-0.05, 0) is 34.5 Å². The molecule has 0 aliphatic rings. The van der Waals surface area contributed by atoms with E-state index in [1.807, 2.05) is 0 Å². The molecule has 1 atom stereocenters. The Balaban J connectivity index is 2.12. The number of aldehydes is 1. The molecular formula is C25H21Cl2N3O4. The first-order valence-corrected chi connectivity index (χ1v) is 11.0. The Hall–Kier alpha value is -3.60. The van der Waals surface area contributed by atoms with E-state index in [1.165, 1.54) is 12.0 Å². The topological polar surface area (TPSA) is 113 Å². The number of hydrogen-bond donors (Lipinski definition) is 1. The van der Waals surface area contributed by atoms with Crippen LogP contribution in [0.25, 0.3) is 10.8 Å². The molecule has 3 rings (SSSR count). The van der Waals surface area contributed by atoms with E-state index in [9.17, 15) is 19.6 Å². The zero-order chi connectivity index (χ0) is 24.8. The van der Waals surface area contributed by atoms with Gasteiger partial charge in [-0.1, -0.05) is 53.5 Å². The number of primary amides is 1. The molecule has 0 radical (unpaired) electrons. The third-order valence-corrected chi connectivity index (χ3v) is 6.15. The summed E-state index contributed by atoms with van der Waals surface area (Å²) in [7, 11) is 1.37. The van der Waals surface area contributed by atoms with Gasteiger partial charge in [-0.2, -0.15) is 5.26 Å². The molecule has 0 aliphatic carbocycles. The van der Waals surface area contributed by atoms with Crippen LogP contribution in [0, 0.1) is 11.3 Å². The maximum atomic E-state index is 13.8. The van der Waals surface area contributed by atoms with Gasteiger partial charge in [0.15, 0.2) is 0 Å². The lowest BCUT2D eigenvalue weighted by atomic mass is 9.94. The van der Waals surface area contributed by atoms with Crippen molar-refractivity contribution < 1.29 is 19.1 Å². The molecule has 0 aliphatic heterocycles. The summed E-state index contributed by atoms with van der Waals surface area (Å²) in [6.07, 6.45) is 0.795. The quantitative estimate of drug-likeness (QED) is 0.442. The van der Waals surface area contributed by atoms with Crippen molar-refractivity contribution in [3.8, 4) is 11.8 Å². The maximum absolute atomic E-state index is 13.8. The van der Waals surface area contributed by atoms with Crippen molar-refractivity contribution >= 4 is 52.1 Å². The van der Waals surface area contributed by atoms with E-state index in [4.69, 9.17) is 33.7 Å². The molecule has 0 saturated carbocycles. The first-order chi connectivity index (χ1) is 16.3. The summed E-state index contributed by atoms with van der Waals surface area (Å²) in [5.41, 5.74) is 6.44. The molecule has 9 heteroatoms. The average Bonchev–Trinajstić information content (AvgIpc) is 2.82. The van der Waals surface area contributed by atoms with Crippen molar-refractivity contribution in [3.05, 3.63) is 75.3 Å². The molecule has 0 aromatic heterocycles. The number of methoxy groups -OCH3 is 1. The second-order valence-electron chi connectivity index (χ2n) is 7.59. The highest BCUT2D eigenvalue weighted by atomic mass is 35.5. The Morgan fingerprint density at radius 3 is 2.53 bits per heavy atom. The van der Waals surface area contributed by atoms with Crippen LogP contribution in [0.5, 0.6) is 5.75 Å². The Morgan fingerprint density at radius 2 is 1.91 bits per heavy atom. The Morgan fingerprint density at radius 1 is 1.18 bits per heavy atom. The average molecular weight is 498 g/mol. The van der Waals surface area contributed by atoms with Gasteiger partial charge in [0.1, 0.15) is 18.1 Å². The summed E-state index contributed by atoms with van der Waals surface area (Å²) < 4.78 is 5.44. The number of rotatable bonds is 9. The Bertz CT molecular complexity index is 1300. The lowest BCUT2D eigenvalue weighted by Gasteiger charge is -2.27. The maximum Gasteiger partial charge on any atom is 0.258 e. The molecule has 2 N–H and O–H groups in total. The van der Waals surface area contributed by atoms with Gasteiger partial charge in [-0.3, -0.25) is 9.59 Å². The summed E-state index contributed by atoms with van der Waals surface area (Å²) in [5.74, 6) is -1.67. The number of fused-ring (bicyclic) bond motifs is 1. The molecule has 0 bridgehead atoms. The van der Waals surface area contributed by atoms with Crippen LogP contribution in [0.2, 0.25) is 10.0 Å². The molecule has 1 unspecified atom stereocenters. The van der Waals surface area contributed by atoms with Gasteiger partial charge in [-0.25, -0.2) is 0 Å². The van der Waals surface area contributed by atoms with Crippen molar-refractivity contribution in [1.82, 2.24) is 4.90 Å². The standard InChI is InChI=1S/C25H21Cl2N3O4/c1-34-24-18(12-28)10-16-4-2-3-5-19(16)23(24)25(33)30(14-22(29)32)13-17(8-9-31)15-6-7-20(26)21(27)11-15/h2-7,9-11,17H,8,13-14H2,1H3,(H2,29,32). The molecule has 0 heterocycles. The minimum Gasteiger partial charge on any atom is -0.495 e. The minimum atomic E-state index is -0.730. The minimum absolute atomic E-state index is 0.00721. The van der Waals surface area contributed by atoms with E-state index in [-0.39, 0.29) is 29.8 Å². The molecule has 174 valence electrons. The summed E-state index contributed by atoms with van der Waals surface area (Å²) in [6, 6.07) is 15.7. The SMILES string of the molecule is COc1c(C#N)cc2ccccc2c1C(=O)N(CC(N)=O)CC(CC=O)c1ccc(Cl)c(Cl)c1. The number of hydrogen-bond acceptors (Lipinski definition) is 5. The lowest BCUT2D eigenvalue weighted by Crippen LogP contribution is -2.41. The summed E-state index contributed by atoms with van der Waals surface area (Å²) in [5, 5.41) is 11.5. The summed E-state index contributed by atoms with van der Waals surface area (Å²) in [6.45, 7) is -0.406.